The molecule has 122 valence electrons. The summed E-state index contributed by atoms with van der Waals surface area (Å²) in [5.74, 6) is 0.724. The molecule has 1 aromatic carbocycles. The number of aromatic nitrogens is 2. The highest BCUT2D eigenvalue weighted by atomic mass is 32.2. The first-order valence-electron chi connectivity index (χ1n) is 7.19. The minimum atomic E-state index is -3.53. The van der Waals surface area contributed by atoms with Crippen molar-refractivity contribution in [2.24, 2.45) is 0 Å². The van der Waals surface area contributed by atoms with Gasteiger partial charge < -0.3 is 9.15 Å². The summed E-state index contributed by atoms with van der Waals surface area (Å²) < 4.78 is 37.1. The Bertz CT molecular complexity index is 786. The predicted molar refractivity (Wildman–Crippen MR) is 83.7 cm³/mol. The summed E-state index contributed by atoms with van der Waals surface area (Å²) in [6.45, 7) is 2.41. The van der Waals surface area contributed by atoms with Crippen molar-refractivity contribution in [3.63, 3.8) is 0 Å². The van der Waals surface area contributed by atoms with Crippen LogP contribution in [-0.4, -0.2) is 42.6 Å². The maximum atomic E-state index is 12.5. The van der Waals surface area contributed by atoms with Gasteiger partial charge in [0.25, 0.3) is 0 Å². The number of ether oxygens (including phenoxy) is 1. The largest absolute Gasteiger partial charge is 0.423 e. The normalized spacial score (nSPS) is 20.1. The molecule has 8 heteroatoms. The summed E-state index contributed by atoms with van der Waals surface area (Å²) in [5, 5.41) is 8.86. The highest BCUT2D eigenvalue weighted by molar-refractivity contribution is 7.92. The van der Waals surface area contributed by atoms with Crippen LogP contribution in [0.5, 0.6) is 0 Å². The number of morpholine rings is 1. The molecule has 0 aliphatic carbocycles. The molecule has 1 aliphatic heterocycles. The molecule has 1 aromatic heterocycles. The van der Waals surface area contributed by atoms with E-state index >= 15 is 0 Å². The lowest BCUT2D eigenvalue weighted by atomic mass is 10.2. The average molecular weight is 335 g/mol. The minimum Gasteiger partial charge on any atom is -0.423 e. The van der Waals surface area contributed by atoms with Crippen molar-refractivity contribution in [1.82, 2.24) is 14.5 Å². The van der Waals surface area contributed by atoms with Gasteiger partial charge in [0.05, 0.1) is 6.61 Å². The second kappa shape index (κ2) is 6.61. The van der Waals surface area contributed by atoms with Crippen molar-refractivity contribution in [2.45, 2.75) is 13.0 Å². The van der Waals surface area contributed by atoms with Gasteiger partial charge in [-0.2, -0.15) is 4.31 Å². The standard InChI is InChI=1S/C15H17N3O4S/c1-12-16-17-15(22-12)14-11-18(8-9-21-14)23(19,20)10-7-13-5-3-2-4-6-13/h2-7,10,14H,8-9,11H2,1H3/b10-7+. The maximum Gasteiger partial charge on any atom is 0.246 e. The van der Waals surface area contributed by atoms with Gasteiger partial charge in [0, 0.05) is 25.4 Å². The first-order valence-corrected chi connectivity index (χ1v) is 8.70. The molecule has 2 heterocycles. The van der Waals surface area contributed by atoms with E-state index in [1.807, 2.05) is 30.3 Å². The van der Waals surface area contributed by atoms with Gasteiger partial charge in [-0.15, -0.1) is 10.2 Å². The number of aryl methyl sites for hydroxylation is 1. The zero-order chi connectivity index (χ0) is 16.3. The molecular formula is C15H17N3O4S. The van der Waals surface area contributed by atoms with Crippen LogP contribution in [0, 0.1) is 6.92 Å². The second-order valence-electron chi connectivity index (χ2n) is 5.14. The van der Waals surface area contributed by atoms with Gasteiger partial charge in [0.2, 0.25) is 21.8 Å². The first-order chi connectivity index (χ1) is 11.0. The highest BCUT2D eigenvalue weighted by Crippen LogP contribution is 2.23. The van der Waals surface area contributed by atoms with E-state index in [9.17, 15) is 8.42 Å². The summed E-state index contributed by atoms with van der Waals surface area (Å²) in [4.78, 5) is 0. The number of benzene rings is 1. The zero-order valence-corrected chi connectivity index (χ0v) is 13.4. The van der Waals surface area contributed by atoms with E-state index in [1.54, 1.807) is 13.0 Å². The SMILES string of the molecule is Cc1nnc(C2CN(S(=O)(=O)/C=C/c3ccccc3)CCO2)o1. The van der Waals surface area contributed by atoms with E-state index in [-0.39, 0.29) is 13.2 Å². The van der Waals surface area contributed by atoms with Crippen molar-refractivity contribution in [2.75, 3.05) is 19.7 Å². The third kappa shape index (κ3) is 3.84. The summed E-state index contributed by atoms with van der Waals surface area (Å²) in [6, 6.07) is 9.28. The topological polar surface area (TPSA) is 85.5 Å². The molecule has 0 bridgehead atoms. The lowest BCUT2D eigenvalue weighted by Crippen LogP contribution is -2.41. The second-order valence-corrected chi connectivity index (χ2v) is 6.95. The molecule has 3 rings (SSSR count). The Kier molecular flexibility index (Phi) is 4.56. The van der Waals surface area contributed by atoms with Crippen molar-refractivity contribution in [1.29, 1.82) is 0 Å². The van der Waals surface area contributed by atoms with Crippen LogP contribution in [0.25, 0.3) is 6.08 Å². The van der Waals surface area contributed by atoms with Gasteiger partial charge in [-0.05, 0) is 11.6 Å². The fourth-order valence-corrected chi connectivity index (χ4v) is 3.44. The number of nitrogens with zero attached hydrogens (tertiary/aromatic N) is 3. The first kappa shape index (κ1) is 15.9. The molecule has 1 fully saturated rings. The molecule has 0 saturated carbocycles. The van der Waals surface area contributed by atoms with Gasteiger partial charge in [-0.3, -0.25) is 0 Å². The third-order valence-corrected chi connectivity index (χ3v) is 4.97. The van der Waals surface area contributed by atoms with Crippen LogP contribution < -0.4 is 0 Å². The Morgan fingerprint density at radius 2 is 2.04 bits per heavy atom. The Morgan fingerprint density at radius 3 is 2.74 bits per heavy atom. The molecule has 0 spiro atoms. The van der Waals surface area contributed by atoms with E-state index in [1.165, 1.54) is 9.71 Å². The monoisotopic (exact) mass is 335 g/mol. The molecule has 1 aliphatic rings. The van der Waals surface area contributed by atoms with Gasteiger partial charge in [-0.1, -0.05) is 30.3 Å². The fourth-order valence-electron chi connectivity index (χ4n) is 2.26. The summed E-state index contributed by atoms with van der Waals surface area (Å²) in [7, 11) is -3.53. The summed E-state index contributed by atoms with van der Waals surface area (Å²) in [5.41, 5.74) is 0.827. The quantitative estimate of drug-likeness (QED) is 0.846. The molecule has 2 aromatic rings. The van der Waals surface area contributed by atoms with E-state index < -0.39 is 16.1 Å². The predicted octanol–water partition coefficient (Wildman–Crippen LogP) is 1.75. The van der Waals surface area contributed by atoms with Crippen LogP contribution >= 0.6 is 0 Å². The lowest BCUT2D eigenvalue weighted by molar-refractivity contribution is -0.0173. The minimum absolute atomic E-state index is 0.156. The van der Waals surface area contributed by atoms with Crippen LogP contribution in [0.4, 0.5) is 0 Å². The van der Waals surface area contributed by atoms with Gasteiger partial charge in [-0.25, -0.2) is 8.42 Å². The number of rotatable bonds is 4. The van der Waals surface area contributed by atoms with E-state index in [4.69, 9.17) is 9.15 Å². The molecule has 1 atom stereocenters. The molecule has 0 N–H and O–H groups in total. The van der Waals surface area contributed by atoms with Crippen LogP contribution in [-0.2, 0) is 14.8 Å². The Labute approximate surface area is 134 Å². The van der Waals surface area contributed by atoms with Crippen molar-refractivity contribution < 1.29 is 17.6 Å². The van der Waals surface area contributed by atoms with Crippen LogP contribution in [0.3, 0.4) is 0 Å². The van der Waals surface area contributed by atoms with Crippen molar-refractivity contribution in [3.05, 3.63) is 53.1 Å². The molecule has 1 unspecified atom stereocenters. The molecular weight excluding hydrogens is 318 g/mol. The Morgan fingerprint density at radius 1 is 1.26 bits per heavy atom. The van der Waals surface area contributed by atoms with Gasteiger partial charge >= 0.3 is 0 Å². The van der Waals surface area contributed by atoms with E-state index in [0.717, 1.165) is 5.56 Å². The summed E-state index contributed by atoms with van der Waals surface area (Å²) >= 11 is 0. The summed E-state index contributed by atoms with van der Waals surface area (Å²) in [6.07, 6.45) is 1.04. The highest BCUT2D eigenvalue weighted by Gasteiger charge is 2.31. The molecule has 7 nitrogen and oxygen atoms in total. The smallest absolute Gasteiger partial charge is 0.246 e. The van der Waals surface area contributed by atoms with Gasteiger partial charge in [0.15, 0.2) is 0 Å². The van der Waals surface area contributed by atoms with E-state index in [0.29, 0.717) is 18.3 Å². The lowest BCUT2D eigenvalue weighted by Gasteiger charge is -2.29. The number of hydrogen-bond acceptors (Lipinski definition) is 6. The Balaban J connectivity index is 1.73. The van der Waals surface area contributed by atoms with Crippen molar-refractivity contribution >= 4 is 16.1 Å². The zero-order valence-electron chi connectivity index (χ0n) is 12.6. The average Bonchev–Trinajstić information content (AvgIpc) is 3.01. The number of sulfonamides is 1. The third-order valence-electron chi connectivity index (χ3n) is 3.44. The van der Waals surface area contributed by atoms with Gasteiger partial charge in [0.1, 0.15) is 6.10 Å². The Hall–Kier alpha value is -2.03. The molecule has 0 amide bonds. The molecule has 0 radical (unpaired) electrons. The molecule has 23 heavy (non-hydrogen) atoms. The van der Waals surface area contributed by atoms with Crippen LogP contribution in [0.1, 0.15) is 23.4 Å². The van der Waals surface area contributed by atoms with Crippen LogP contribution in [0.2, 0.25) is 0 Å². The number of hydrogen-bond donors (Lipinski definition) is 0. The maximum absolute atomic E-state index is 12.5. The molecule has 1 saturated heterocycles. The van der Waals surface area contributed by atoms with Crippen LogP contribution in [0.15, 0.2) is 40.2 Å². The van der Waals surface area contributed by atoms with E-state index in [2.05, 4.69) is 10.2 Å². The van der Waals surface area contributed by atoms with Crippen molar-refractivity contribution in [3.8, 4) is 0 Å². The fraction of sp³-hybridized carbons (Fsp3) is 0.333.